The van der Waals surface area contributed by atoms with Crippen LogP contribution in [-0.2, 0) is 0 Å². The monoisotopic (exact) mass is 358 g/mol. The number of alkyl halides is 3. The summed E-state index contributed by atoms with van der Waals surface area (Å²) in [6, 6.07) is 5.50. The number of hydrogen-bond donors (Lipinski definition) is 0. The molecule has 0 radical (unpaired) electrons. The van der Waals surface area contributed by atoms with Gasteiger partial charge in [-0.3, -0.25) is 4.79 Å². The van der Waals surface area contributed by atoms with Crippen molar-refractivity contribution in [1.82, 2.24) is 9.88 Å². The van der Waals surface area contributed by atoms with Crippen molar-refractivity contribution in [3.05, 3.63) is 53.3 Å². The number of rotatable bonds is 5. The third kappa shape index (κ3) is 4.41. The first kappa shape index (κ1) is 18.1. The molecule has 3 nitrogen and oxygen atoms in total. The van der Waals surface area contributed by atoms with Crippen molar-refractivity contribution in [3.8, 4) is 10.6 Å². The summed E-state index contributed by atoms with van der Waals surface area (Å²) >= 11 is 0.980. The van der Waals surface area contributed by atoms with Crippen LogP contribution in [0.2, 0.25) is 0 Å². The fourth-order valence-corrected chi connectivity index (χ4v) is 3.09. The van der Waals surface area contributed by atoms with Gasteiger partial charge in [0.2, 0.25) is 0 Å². The molecule has 24 heavy (non-hydrogen) atoms. The molecule has 0 aliphatic rings. The number of halogens is 4. The summed E-state index contributed by atoms with van der Waals surface area (Å²) in [6.45, 7) is 3.35. The second kappa shape index (κ2) is 7.12. The van der Waals surface area contributed by atoms with Gasteiger partial charge in [-0.2, -0.15) is 13.2 Å². The van der Waals surface area contributed by atoms with Crippen LogP contribution in [-0.4, -0.2) is 35.1 Å². The Bertz CT molecular complexity index is 738. The van der Waals surface area contributed by atoms with Gasteiger partial charge >= 0.3 is 6.18 Å². The van der Waals surface area contributed by atoms with Gasteiger partial charge in [0, 0.05) is 12.1 Å². The first-order valence-electron chi connectivity index (χ1n) is 6.91. The van der Waals surface area contributed by atoms with E-state index < -0.39 is 24.4 Å². The van der Waals surface area contributed by atoms with Crippen molar-refractivity contribution in [2.75, 3.05) is 13.1 Å². The number of nitrogens with zero attached hydrogens (tertiary/aromatic N) is 2. The summed E-state index contributed by atoms with van der Waals surface area (Å²) in [5, 5.41) is 0.446. The van der Waals surface area contributed by atoms with Crippen LogP contribution < -0.4 is 0 Å². The molecule has 1 heterocycles. The molecule has 0 saturated carbocycles. The lowest BCUT2D eigenvalue weighted by molar-refractivity contribution is -0.139. The van der Waals surface area contributed by atoms with Gasteiger partial charge in [0.25, 0.3) is 5.91 Å². The average Bonchev–Trinajstić information content (AvgIpc) is 2.87. The molecule has 1 aromatic heterocycles. The Balaban J connectivity index is 2.31. The number of aromatic nitrogens is 1. The SMILES string of the molecule is C=CCN(CC(F)(F)F)C(=O)c1sc(-c2ccc(F)cc2)nc1C. The van der Waals surface area contributed by atoms with E-state index in [4.69, 9.17) is 0 Å². The minimum atomic E-state index is -4.50. The van der Waals surface area contributed by atoms with E-state index in [1.807, 2.05) is 0 Å². The molecule has 1 amide bonds. The molecule has 0 unspecified atom stereocenters. The largest absolute Gasteiger partial charge is 0.406 e. The quantitative estimate of drug-likeness (QED) is 0.584. The molecule has 1 aromatic carbocycles. The number of hydrogen-bond acceptors (Lipinski definition) is 3. The molecule has 128 valence electrons. The second-order valence-electron chi connectivity index (χ2n) is 5.03. The van der Waals surface area contributed by atoms with Crippen molar-refractivity contribution < 1.29 is 22.4 Å². The maximum absolute atomic E-state index is 13.0. The van der Waals surface area contributed by atoms with Crippen LogP contribution >= 0.6 is 11.3 Å². The lowest BCUT2D eigenvalue weighted by Crippen LogP contribution is -2.39. The minimum absolute atomic E-state index is 0.125. The summed E-state index contributed by atoms with van der Waals surface area (Å²) < 4.78 is 50.9. The maximum atomic E-state index is 13.0. The third-order valence-electron chi connectivity index (χ3n) is 3.09. The van der Waals surface area contributed by atoms with E-state index in [0.717, 1.165) is 11.3 Å². The smallest absolute Gasteiger partial charge is 0.325 e. The Kier molecular flexibility index (Phi) is 5.38. The molecular formula is C16H14F4N2OS. The predicted molar refractivity (Wildman–Crippen MR) is 84.4 cm³/mol. The van der Waals surface area contributed by atoms with E-state index in [0.29, 0.717) is 21.2 Å². The Labute approximate surface area is 140 Å². The van der Waals surface area contributed by atoms with Crippen molar-refractivity contribution in [2.24, 2.45) is 0 Å². The van der Waals surface area contributed by atoms with Gasteiger partial charge in [-0.05, 0) is 31.2 Å². The predicted octanol–water partition coefficient (Wildman–Crippen LogP) is 4.45. The Morgan fingerprint density at radius 1 is 1.33 bits per heavy atom. The first-order valence-corrected chi connectivity index (χ1v) is 7.73. The van der Waals surface area contributed by atoms with Crippen LogP contribution in [0.15, 0.2) is 36.9 Å². The highest BCUT2D eigenvalue weighted by atomic mass is 32.1. The fraction of sp³-hybridized carbons (Fsp3) is 0.250. The number of amides is 1. The van der Waals surface area contributed by atoms with Crippen molar-refractivity contribution in [3.63, 3.8) is 0 Å². The van der Waals surface area contributed by atoms with Crippen LogP contribution in [0.5, 0.6) is 0 Å². The minimum Gasteiger partial charge on any atom is -0.325 e. The van der Waals surface area contributed by atoms with Crippen LogP contribution in [0.25, 0.3) is 10.6 Å². The van der Waals surface area contributed by atoms with E-state index in [-0.39, 0.29) is 11.4 Å². The molecule has 0 spiro atoms. The van der Waals surface area contributed by atoms with Gasteiger partial charge in [0.1, 0.15) is 22.2 Å². The molecular weight excluding hydrogens is 344 g/mol. The molecule has 0 N–H and O–H groups in total. The zero-order valence-electron chi connectivity index (χ0n) is 12.7. The van der Waals surface area contributed by atoms with E-state index in [1.54, 1.807) is 6.92 Å². The number of aryl methyl sites for hydroxylation is 1. The molecule has 8 heteroatoms. The van der Waals surface area contributed by atoms with Gasteiger partial charge in [-0.1, -0.05) is 6.08 Å². The Morgan fingerprint density at radius 2 is 1.96 bits per heavy atom. The van der Waals surface area contributed by atoms with Crippen LogP contribution in [0.4, 0.5) is 17.6 Å². The van der Waals surface area contributed by atoms with Gasteiger partial charge in [-0.15, -0.1) is 17.9 Å². The van der Waals surface area contributed by atoms with E-state index in [1.165, 1.54) is 30.3 Å². The van der Waals surface area contributed by atoms with E-state index >= 15 is 0 Å². The highest BCUT2D eigenvalue weighted by Crippen LogP contribution is 2.29. The van der Waals surface area contributed by atoms with Crippen LogP contribution in [0.1, 0.15) is 15.4 Å². The van der Waals surface area contributed by atoms with Gasteiger partial charge in [-0.25, -0.2) is 9.37 Å². The molecule has 0 fully saturated rings. The van der Waals surface area contributed by atoms with Gasteiger partial charge < -0.3 is 4.90 Å². The van der Waals surface area contributed by atoms with Crippen molar-refractivity contribution in [2.45, 2.75) is 13.1 Å². The Morgan fingerprint density at radius 3 is 2.50 bits per heavy atom. The number of carbonyl (C=O) groups is 1. The summed E-state index contributed by atoms with van der Waals surface area (Å²) in [6.07, 6.45) is -3.27. The summed E-state index contributed by atoms with van der Waals surface area (Å²) in [7, 11) is 0. The molecule has 2 rings (SSSR count). The standard InChI is InChI=1S/C16H14F4N2OS/c1-3-8-22(9-16(18,19)20)15(23)13-10(2)21-14(24-13)11-4-6-12(17)7-5-11/h3-7H,1,8-9H2,2H3. The average molecular weight is 358 g/mol. The normalized spacial score (nSPS) is 11.4. The number of carbonyl (C=O) groups excluding carboxylic acids is 1. The molecule has 0 atom stereocenters. The zero-order valence-corrected chi connectivity index (χ0v) is 13.5. The number of thiazole rings is 1. The van der Waals surface area contributed by atoms with Crippen molar-refractivity contribution >= 4 is 17.2 Å². The first-order chi connectivity index (χ1) is 11.2. The Hall–Kier alpha value is -2.22. The highest BCUT2D eigenvalue weighted by molar-refractivity contribution is 7.17. The highest BCUT2D eigenvalue weighted by Gasteiger charge is 2.34. The summed E-state index contributed by atoms with van der Waals surface area (Å²) in [4.78, 5) is 17.4. The lowest BCUT2D eigenvalue weighted by atomic mass is 10.2. The van der Waals surface area contributed by atoms with Gasteiger partial charge in [0.15, 0.2) is 0 Å². The third-order valence-corrected chi connectivity index (χ3v) is 4.28. The zero-order chi connectivity index (χ0) is 17.9. The topological polar surface area (TPSA) is 33.2 Å². The molecule has 0 aliphatic carbocycles. The maximum Gasteiger partial charge on any atom is 0.406 e. The lowest BCUT2D eigenvalue weighted by Gasteiger charge is -2.22. The molecule has 2 aromatic rings. The van der Waals surface area contributed by atoms with Crippen molar-refractivity contribution in [1.29, 1.82) is 0 Å². The second-order valence-corrected chi connectivity index (χ2v) is 6.03. The van der Waals surface area contributed by atoms with Crippen LogP contribution in [0, 0.1) is 12.7 Å². The number of benzene rings is 1. The van der Waals surface area contributed by atoms with Gasteiger partial charge in [0.05, 0.1) is 5.69 Å². The van der Waals surface area contributed by atoms with Crippen LogP contribution in [0.3, 0.4) is 0 Å². The molecule has 0 aliphatic heterocycles. The van der Waals surface area contributed by atoms with E-state index in [9.17, 15) is 22.4 Å². The van der Waals surface area contributed by atoms with E-state index in [2.05, 4.69) is 11.6 Å². The summed E-state index contributed by atoms with van der Waals surface area (Å²) in [5.41, 5.74) is 0.926. The molecule has 0 saturated heterocycles. The summed E-state index contributed by atoms with van der Waals surface area (Å²) in [5.74, 6) is -1.17. The molecule has 0 bridgehead atoms. The fourth-order valence-electron chi connectivity index (χ4n) is 2.05.